The molecule has 1 fully saturated rings. The van der Waals surface area contributed by atoms with Gasteiger partial charge in [0.25, 0.3) is 15.9 Å². The van der Waals surface area contributed by atoms with Crippen molar-refractivity contribution in [1.29, 1.82) is 0 Å². The molecule has 0 saturated carbocycles. The smallest absolute Gasteiger partial charge is 0.307 e. The lowest BCUT2D eigenvalue weighted by molar-refractivity contribution is -0.142. The van der Waals surface area contributed by atoms with E-state index in [1.807, 2.05) is 0 Å². The van der Waals surface area contributed by atoms with Gasteiger partial charge in [-0.2, -0.15) is 0 Å². The number of carbonyl (C=O) groups excluding carboxylic acids is 2. The molecule has 3 aromatic carbocycles. The molecule has 5 rings (SSSR count). The molecular formula is C33H36FN3O9S. The lowest BCUT2D eigenvalue weighted by atomic mass is 9.78. The van der Waals surface area contributed by atoms with Gasteiger partial charge in [-0.1, -0.05) is 12.5 Å². The molecule has 1 saturated heterocycles. The molecule has 3 aromatic rings. The number of carboxylic acids is 1. The first-order valence-electron chi connectivity index (χ1n) is 14.8. The Balaban J connectivity index is 1.90. The zero-order chi connectivity index (χ0) is 34.3. The monoisotopic (exact) mass is 669 g/mol. The number of benzene rings is 3. The lowest BCUT2D eigenvalue weighted by Gasteiger charge is -2.47. The van der Waals surface area contributed by atoms with Crippen molar-refractivity contribution < 1.29 is 46.5 Å². The summed E-state index contributed by atoms with van der Waals surface area (Å²) >= 11 is 0. The Bertz CT molecular complexity index is 1850. The molecule has 2 aliphatic heterocycles. The number of methoxy groups -OCH3 is 3. The van der Waals surface area contributed by atoms with Crippen LogP contribution in [-0.4, -0.2) is 89.1 Å². The van der Waals surface area contributed by atoms with E-state index in [9.17, 15) is 23.1 Å². The largest absolute Gasteiger partial charge is 0.497 e. The standard InChI is InChI=1S/C33H36FN3O9S/c1-35(2)31(40)26-8-6-7-15-36(26)33(24-16-20(17-30(38)39)9-13-27(24)45-4)23-18-21(34)10-12-25(23)37(32(33)41)47(42,43)29-14-11-22(44-3)19-28(29)46-5/h9-14,16,18-19,26H,6-8,15,17H2,1-5H3,(H,38,39)/t26-,33?/m0/s1. The van der Waals surface area contributed by atoms with Crippen LogP contribution in [0.2, 0.25) is 0 Å². The zero-order valence-electron chi connectivity index (χ0n) is 26.7. The van der Waals surface area contributed by atoms with Crippen molar-refractivity contribution in [2.24, 2.45) is 0 Å². The Kier molecular flexibility index (Phi) is 9.20. The van der Waals surface area contributed by atoms with Gasteiger partial charge in [0, 0.05) is 37.8 Å². The second kappa shape index (κ2) is 12.8. The number of amides is 2. The summed E-state index contributed by atoms with van der Waals surface area (Å²) in [6.07, 6.45) is 1.07. The minimum atomic E-state index is -4.78. The molecule has 0 spiro atoms. The quantitative estimate of drug-likeness (QED) is 0.341. The summed E-state index contributed by atoms with van der Waals surface area (Å²) in [6.45, 7) is 0.151. The second-order valence-corrected chi connectivity index (χ2v) is 13.3. The van der Waals surface area contributed by atoms with Gasteiger partial charge in [0.15, 0.2) is 5.54 Å². The Morgan fingerprint density at radius 3 is 2.32 bits per heavy atom. The number of likely N-dealkylation sites (N-methyl/N-ethyl adjacent to an activating group) is 1. The van der Waals surface area contributed by atoms with Crippen molar-refractivity contribution in [3.63, 3.8) is 0 Å². The van der Waals surface area contributed by atoms with Gasteiger partial charge in [0.05, 0.1) is 39.5 Å². The summed E-state index contributed by atoms with van der Waals surface area (Å²) in [7, 11) is 2.41. The normalized spacial score (nSPS) is 19.7. The number of fused-ring (bicyclic) bond motifs is 1. The van der Waals surface area contributed by atoms with Crippen LogP contribution >= 0.6 is 0 Å². The molecule has 0 bridgehead atoms. The minimum Gasteiger partial charge on any atom is -0.497 e. The summed E-state index contributed by atoms with van der Waals surface area (Å²) in [4.78, 5) is 43.6. The zero-order valence-corrected chi connectivity index (χ0v) is 27.5. The average Bonchev–Trinajstić information content (AvgIpc) is 3.31. The third kappa shape index (κ3) is 5.54. The van der Waals surface area contributed by atoms with E-state index in [-0.39, 0.29) is 51.2 Å². The van der Waals surface area contributed by atoms with Crippen LogP contribution in [0.15, 0.2) is 59.5 Å². The van der Waals surface area contributed by atoms with Gasteiger partial charge in [0.2, 0.25) is 5.91 Å². The van der Waals surface area contributed by atoms with E-state index in [2.05, 4.69) is 0 Å². The molecule has 0 aliphatic carbocycles. The van der Waals surface area contributed by atoms with E-state index in [0.717, 1.165) is 12.1 Å². The van der Waals surface area contributed by atoms with Gasteiger partial charge in [0.1, 0.15) is 28.0 Å². The van der Waals surface area contributed by atoms with Crippen LogP contribution in [0.1, 0.15) is 36.0 Å². The Morgan fingerprint density at radius 1 is 0.957 bits per heavy atom. The first kappa shape index (κ1) is 33.7. The number of carbonyl (C=O) groups is 3. The second-order valence-electron chi connectivity index (χ2n) is 11.5. The number of aliphatic carboxylic acids is 1. The Morgan fingerprint density at radius 2 is 1.68 bits per heavy atom. The maximum Gasteiger partial charge on any atom is 0.307 e. The summed E-state index contributed by atoms with van der Waals surface area (Å²) < 4.78 is 61.6. The summed E-state index contributed by atoms with van der Waals surface area (Å²) in [5, 5.41) is 9.63. The molecule has 2 atom stereocenters. The predicted molar refractivity (Wildman–Crippen MR) is 169 cm³/mol. The van der Waals surface area contributed by atoms with E-state index >= 15 is 9.18 Å². The predicted octanol–water partition coefficient (Wildman–Crippen LogP) is 3.40. The highest BCUT2D eigenvalue weighted by atomic mass is 32.2. The highest BCUT2D eigenvalue weighted by molar-refractivity contribution is 7.93. The molecule has 0 radical (unpaired) electrons. The number of carboxylic acid groups (broad SMARTS) is 1. The van der Waals surface area contributed by atoms with Gasteiger partial charge < -0.3 is 24.2 Å². The number of halogens is 1. The first-order valence-corrected chi connectivity index (χ1v) is 16.3. The molecule has 2 aliphatic rings. The van der Waals surface area contributed by atoms with E-state index in [4.69, 9.17) is 14.2 Å². The SMILES string of the molecule is COc1ccc(S(=O)(=O)N2C(=O)C(c3cc(CC(=O)O)ccc3OC)(N3CCCC[C@H]3C(=O)N(C)C)c3cc(F)ccc32)c(OC)c1. The average molecular weight is 670 g/mol. The van der Waals surface area contributed by atoms with Crippen LogP contribution in [0, 0.1) is 5.82 Å². The number of piperidine rings is 1. The van der Waals surface area contributed by atoms with E-state index in [1.165, 1.54) is 68.7 Å². The van der Waals surface area contributed by atoms with Crippen LogP contribution in [0.4, 0.5) is 10.1 Å². The third-order valence-corrected chi connectivity index (χ3v) is 10.4. The molecule has 1 unspecified atom stereocenters. The van der Waals surface area contributed by atoms with Crippen LogP contribution in [0.5, 0.6) is 17.2 Å². The number of nitrogens with zero attached hydrogens (tertiary/aromatic N) is 3. The maximum atomic E-state index is 15.4. The first-order chi connectivity index (χ1) is 22.3. The fraction of sp³-hybridized carbons (Fsp3) is 0.364. The minimum absolute atomic E-state index is 0.0391. The van der Waals surface area contributed by atoms with Gasteiger partial charge in [-0.25, -0.2) is 17.1 Å². The number of rotatable bonds is 10. The number of anilines is 1. The van der Waals surface area contributed by atoms with Crippen molar-refractivity contribution in [3.8, 4) is 17.2 Å². The highest BCUT2D eigenvalue weighted by Gasteiger charge is 2.63. The lowest BCUT2D eigenvalue weighted by Crippen LogP contribution is -2.62. The van der Waals surface area contributed by atoms with Gasteiger partial charge >= 0.3 is 5.97 Å². The molecule has 47 heavy (non-hydrogen) atoms. The number of hydrogen-bond donors (Lipinski definition) is 1. The Labute approximate surface area is 272 Å². The van der Waals surface area contributed by atoms with Gasteiger partial charge in [-0.15, -0.1) is 0 Å². The summed E-state index contributed by atoms with van der Waals surface area (Å²) in [5.41, 5.74) is -1.96. The molecule has 14 heteroatoms. The summed E-state index contributed by atoms with van der Waals surface area (Å²) in [6, 6.07) is 10.9. The van der Waals surface area contributed by atoms with E-state index in [1.54, 1.807) is 19.0 Å². The van der Waals surface area contributed by atoms with Crippen molar-refractivity contribution in [2.75, 3.05) is 46.3 Å². The topological polar surface area (TPSA) is 143 Å². The molecule has 2 amide bonds. The summed E-state index contributed by atoms with van der Waals surface area (Å²) in [5.74, 6) is -2.93. The fourth-order valence-electron chi connectivity index (χ4n) is 6.57. The van der Waals surface area contributed by atoms with Crippen molar-refractivity contribution in [3.05, 3.63) is 77.1 Å². The van der Waals surface area contributed by atoms with Crippen molar-refractivity contribution in [1.82, 2.24) is 9.80 Å². The number of ether oxygens (including phenoxy) is 3. The molecule has 0 aromatic heterocycles. The van der Waals surface area contributed by atoms with Crippen molar-refractivity contribution in [2.45, 2.75) is 42.2 Å². The van der Waals surface area contributed by atoms with Crippen LogP contribution in [0.3, 0.4) is 0 Å². The van der Waals surface area contributed by atoms with Crippen LogP contribution in [0.25, 0.3) is 0 Å². The van der Waals surface area contributed by atoms with E-state index in [0.29, 0.717) is 29.3 Å². The molecule has 12 nitrogen and oxygen atoms in total. The molecule has 1 N–H and O–H groups in total. The molecule has 250 valence electrons. The maximum absolute atomic E-state index is 15.4. The van der Waals surface area contributed by atoms with Gasteiger partial charge in [-0.05, 0) is 60.9 Å². The number of hydrogen-bond acceptors (Lipinski definition) is 9. The van der Waals surface area contributed by atoms with Crippen LogP contribution < -0.4 is 18.5 Å². The van der Waals surface area contributed by atoms with Crippen molar-refractivity contribution >= 4 is 33.5 Å². The van der Waals surface area contributed by atoms with Crippen LogP contribution in [-0.2, 0) is 36.4 Å². The molecule has 2 heterocycles. The molecular weight excluding hydrogens is 633 g/mol. The third-order valence-electron chi connectivity index (χ3n) is 8.62. The Hall–Kier alpha value is -4.69. The number of likely N-dealkylation sites (tertiary alicyclic amines) is 1. The number of sulfonamides is 1. The van der Waals surface area contributed by atoms with Gasteiger partial charge in [-0.3, -0.25) is 19.3 Å². The van der Waals surface area contributed by atoms with E-state index < -0.39 is 45.7 Å². The highest BCUT2D eigenvalue weighted by Crippen LogP contribution is 2.54. The fourth-order valence-corrected chi connectivity index (χ4v) is 8.18.